The van der Waals surface area contributed by atoms with E-state index in [0.29, 0.717) is 35.6 Å². The lowest BCUT2D eigenvalue weighted by atomic mass is 9.82. The van der Waals surface area contributed by atoms with Gasteiger partial charge in [-0.1, -0.05) is 79.8 Å². The number of anilines is 3. The summed E-state index contributed by atoms with van der Waals surface area (Å²) in [5.74, 6) is 0.0559. The van der Waals surface area contributed by atoms with Crippen molar-refractivity contribution in [3.8, 4) is 5.75 Å². The highest BCUT2D eigenvalue weighted by Gasteiger charge is 2.65. The molecule has 1 fully saturated rings. The van der Waals surface area contributed by atoms with E-state index in [0.717, 1.165) is 28.5 Å². The third kappa shape index (κ3) is 5.51. The van der Waals surface area contributed by atoms with Gasteiger partial charge < -0.3 is 24.8 Å². The highest BCUT2D eigenvalue weighted by Crippen LogP contribution is 2.59. The van der Waals surface area contributed by atoms with Crippen LogP contribution in [-0.2, 0) is 37.7 Å². The first-order valence-electron chi connectivity index (χ1n) is 17.2. The molecule has 0 radical (unpaired) electrons. The second kappa shape index (κ2) is 13.2. The Balaban J connectivity index is 1.30. The van der Waals surface area contributed by atoms with Crippen molar-refractivity contribution in [2.75, 3.05) is 23.9 Å². The number of hydrogen-bond acceptors (Lipinski definition) is 6. The van der Waals surface area contributed by atoms with Crippen LogP contribution in [0, 0.1) is 5.92 Å². The molecule has 4 aromatic rings. The fraction of sp³-hybridized carbons (Fsp3) is 0.325. The molecule has 3 aliphatic heterocycles. The zero-order chi connectivity index (χ0) is 35.2. The maximum absolute atomic E-state index is 14.4. The zero-order valence-corrected chi connectivity index (χ0v) is 29.8. The van der Waals surface area contributed by atoms with Crippen molar-refractivity contribution in [2.24, 2.45) is 5.92 Å². The molecule has 3 amide bonds. The lowest BCUT2D eigenvalue weighted by Gasteiger charge is -2.39. The van der Waals surface area contributed by atoms with Crippen LogP contribution < -0.4 is 20.1 Å². The van der Waals surface area contributed by atoms with Crippen LogP contribution in [0.2, 0.25) is 18.6 Å². The van der Waals surface area contributed by atoms with Crippen LogP contribution in [0.15, 0.2) is 97.1 Å². The van der Waals surface area contributed by atoms with Crippen molar-refractivity contribution in [1.29, 1.82) is 0 Å². The molecule has 0 aromatic heterocycles. The van der Waals surface area contributed by atoms with Crippen LogP contribution in [0.4, 0.5) is 17.1 Å². The predicted molar refractivity (Wildman–Crippen MR) is 195 cm³/mol. The molecule has 0 saturated carbocycles. The molecular weight excluding hydrogens is 647 g/mol. The maximum atomic E-state index is 14.4. The van der Waals surface area contributed by atoms with Crippen LogP contribution >= 0.6 is 0 Å². The number of carbonyl (C=O) groups excluding carboxylic acids is 3. The molecule has 3 heterocycles. The second-order valence-corrected chi connectivity index (χ2v) is 18.9. The van der Waals surface area contributed by atoms with Gasteiger partial charge >= 0.3 is 0 Å². The first kappa shape index (κ1) is 33.7. The Labute approximate surface area is 293 Å². The summed E-state index contributed by atoms with van der Waals surface area (Å²) in [6, 6.07) is 30.6. The van der Waals surface area contributed by atoms with Gasteiger partial charge in [0.2, 0.25) is 12.3 Å². The Morgan fingerprint density at radius 2 is 1.72 bits per heavy atom. The third-order valence-electron chi connectivity index (χ3n) is 11.3. The summed E-state index contributed by atoms with van der Waals surface area (Å²) >= 11 is 0. The van der Waals surface area contributed by atoms with Gasteiger partial charge in [-0.3, -0.25) is 19.3 Å². The van der Waals surface area contributed by atoms with E-state index in [9.17, 15) is 19.5 Å². The molecule has 7 rings (SSSR count). The van der Waals surface area contributed by atoms with Crippen molar-refractivity contribution in [3.05, 3.63) is 114 Å². The molecule has 3 aliphatic rings. The van der Waals surface area contributed by atoms with Crippen LogP contribution in [0.5, 0.6) is 5.75 Å². The number of methoxy groups -OCH3 is 1. The summed E-state index contributed by atoms with van der Waals surface area (Å²) in [6.07, 6.45) is 0.821. The molecule has 258 valence electrons. The number of para-hydroxylation sites is 1. The molecule has 1 saturated heterocycles. The number of benzene rings is 4. The van der Waals surface area contributed by atoms with Crippen molar-refractivity contribution in [1.82, 2.24) is 4.90 Å². The van der Waals surface area contributed by atoms with E-state index in [2.05, 4.69) is 43.5 Å². The number of amides is 3. The molecular formula is C40H43N3O6Si. The van der Waals surface area contributed by atoms with E-state index in [1.54, 1.807) is 16.9 Å². The lowest BCUT2D eigenvalue weighted by molar-refractivity contribution is -0.149. The SMILES string of the molecule is COc1ccc([Si](C)(C)[C@H]2[C@H](CC(=O)N3Cc4ccccc4C[C@H]3CO)O[C@@]3(C(=O)Nc4ccc(N(C=O)c5ccccc5)cc43)[C@@H]2C)cc1. The Morgan fingerprint density at radius 3 is 2.40 bits per heavy atom. The molecule has 1 spiro atoms. The Hall–Kier alpha value is -4.77. The summed E-state index contributed by atoms with van der Waals surface area (Å²) in [5.41, 5.74) is 3.28. The number of carbonyl (C=O) groups is 3. The Morgan fingerprint density at radius 1 is 1.02 bits per heavy atom. The van der Waals surface area contributed by atoms with Gasteiger partial charge in [-0.15, -0.1) is 0 Å². The van der Waals surface area contributed by atoms with E-state index >= 15 is 0 Å². The Kier molecular flexibility index (Phi) is 8.88. The van der Waals surface area contributed by atoms with Gasteiger partial charge in [0.05, 0.1) is 40.4 Å². The van der Waals surface area contributed by atoms with Crippen LogP contribution in [0.3, 0.4) is 0 Å². The number of aliphatic hydroxyl groups excluding tert-OH is 1. The normalized spacial score (nSPS) is 24.0. The number of hydrogen-bond donors (Lipinski definition) is 2. The smallest absolute Gasteiger partial charge is 0.261 e. The summed E-state index contributed by atoms with van der Waals surface area (Å²) in [7, 11) is -0.853. The molecule has 0 aliphatic carbocycles. The average Bonchev–Trinajstić information content (AvgIpc) is 3.59. The third-order valence-corrected chi connectivity index (χ3v) is 15.6. The standard InChI is InChI=1S/C40H43N3O6Si/c1-26-38(50(3,4)33-17-15-32(48-2)16-18-33)36(22-37(46)42-23-28-11-9-8-10-27(28)20-31(42)24-44)49-40(26)34-21-30(14-19-35(34)41-39(40)47)43(25-45)29-12-6-5-7-13-29/h5-19,21,25-26,31,36,38,44H,20,22-24H2,1-4H3,(H,41,47)/t26-,31+,36+,38-,40+/m1/s1. The highest BCUT2D eigenvalue weighted by atomic mass is 28.3. The Bertz CT molecular complexity index is 1920. The topological polar surface area (TPSA) is 108 Å². The average molecular weight is 690 g/mol. The second-order valence-electron chi connectivity index (χ2n) is 14.2. The molecule has 2 N–H and O–H groups in total. The van der Waals surface area contributed by atoms with Gasteiger partial charge in [-0.25, -0.2) is 0 Å². The number of nitrogens with zero attached hydrogens (tertiary/aromatic N) is 2. The van der Waals surface area contributed by atoms with Crippen molar-refractivity contribution >= 4 is 48.5 Å². The maximum Gasteiger partial charge on any atom is 0.261 e. The number of ether oxygens (including phenoxy) is 2. The van der Waals surface area contributed by atoms with Crippen LogP contribution in [0.25, 0.3) is 0 Å². The minimum atomic E-state index is -2.49. The van der Waals surface area contributed by atoms with E-state index in [1.807, 2.05) is 78.9 Å². The molecule has 9 nitrogen and oxygen atoms in total. The van der Waals surface area contributed by atoms with E-state index in [1.165, 1.54) is 0 Å². The predicted octanol–water partition coefficient (Wildman–Crippen LogP) is 5.49. The fourth-order valence-electron chi connectivity index (χ4n) is 8.66. The van der Waals surface area contributed by atoms with Crippen LogP contribution in [0.1, 0.15) is 30.0 Å². The monoisotopic (exact) mass is 689 g/mol. The highest BCUT2D eigenvalue weighted by molar-refractivity contribution is 6.91. The van der Waals surface area contributed by atoms with Gasteiger partial charge in [0, 0.05) is 35.1 Å². The van der Waals surface area contributed by atoms with Gasteiger partial charge in [0.1, 0.15) is 5.75 Å². The molecule has 4 aromatic carbocycles. The first-order chi connectivity index (χ1) is 24.1. The molecule has 5 atom stereocenters. The van der Waals surface area contributed by atoms with Gasteiger partial charge in [-0.05, 0) is 65.6 Å². The molecule has 10 heteroatoms. The van der Waals surface area contributed by atoms with Crippen molar-refractivity contribution in [2.45, 2.75) is 62.7 Å². The van der Waals surface area contributed by atoms with Gasteiger partial charge in [-0.2, -0.15) is 0 Å². The van der Waals surface area contributed by atoms with Crippen molar-refractivity contribution in [3.63, 3.8) is 0 Å². The summed E-state index contributed by atoms with van der Waals surface area (Å²) in [4.78, 5) is 44.5. The molecule has 0 bridgehead atoms. The first-order valence-corrected chi connectivity index (χ1v) is 20.2. The quantitative estimate of drug-likeness (QED) is 0.178. The number of fused-ring (bicyclic) bond motifs is 3. The number of nitrogens with one attached hydrogen (secondary N) is 1. The summed E-state index contributed by atoms with van der Waals surface area (Å²) < 4.78 is 12.5. The zero-order valence-electron chi connectivity index (χ0n) is 28.8. The summed E-state index contributed by atoms with van der Waals surface area (Å²) in [5, 5.41) is 14.6. The van der Waals surface area contributed by atoms with E-state index in [-0.39, 0.29) is 42.3 Å². The van der Waals surface area contributed by atoms with E-state index in [4.69, 9.17) is 9.47 Å². The van der Waals surface area contributed by atoms with Gasteiger partial charge in [0.15, 0.2) is 5.60 Å². The largest absolute Gasteiger partial charge is 0.497 e. The van der Waals surface area contributed by atoms with Crippen molar-refractivity contribution < 1.29 is 29.0 Å². The lowest BCUT2D eigenvalue weighted by Crippen LogP contribution is -2.52. The summed E-state index contributed by atoms with van der Waals surface area (Å²) in [6.45, 7) is 6.88. The number of rotatable bonds is 9. The van der Waals surface area contributed by atoms with E-state index < -0.39 is 19.8 Å². The minimum Gasteiger partial charge on any atom is -0.497 e. The minimum absolute atomic E-state index is 0.0643. The molecule has 50 heavy (non-hydrogen) atoms. The molecule has 0 unspecified atom stereocenters. The number of aliphatic hydroxyl groups is 1. The van der Waals surface area contributed by atoms with Gasteiger partial charge in [0.25, 0.3) is 5.91 Å². The fourth-order valence-corrected chi connectivity index (χ4v) is 12.7. The van der Waals surface area contributed by atoms with Crippen LogP contribution in [-0.4, -0.2) is 62.2 Å².